The zero-order valence-electron chi connectivity index (χ0n) is 33.7. The van der Waals surface area contributed by atoms with Crippen molar-refractivity contribution in [2.45, 2.75) is 26.5 Å². The van der Waals surface area contributed by atoms with Gasteiger partial charge in [0, 0.05) is 22.0 Å². The number of nitrogens with two attached hydrogens (primary N) is 1. The number of hydrogen-bond acceptors (Lipinski definition) is 23. The van der Waals surface area contributed by atoms with Gasteiger partial charge in [-0.05, 0) is 101 Å². The Labute approximate surface area is 455 Å². The number of phenols is 1. The number of phenolic OH excluding ortho intramolecular Hbond substituents is 1. The second kappa shape index (κ2) is 25.5. The number of anilines is 1. The van der Waals surface area contributed by atoms with Crippen LogP contribution in [0.15, 0.2) is 135 Å². The zero-order valence-corrected chi connectivity index (χ0v) is 45.0. The number of nitrogen functional groups attached to an aromatic ring is 1. The molecule has 21 nitrogen and oxygen atoms in total. The van der Waals surface area contributed by atoms with Gasteiger partial charge >= 0.3 is 118 Å². The summed E-state index contributed by atoms with van der Waals surface area (Å²) >= 11 is 0.772. The van der Waals surface area contributed by atoms with Crippen LogP contribution in [0.3, 0.4) is 0 Å². The molecule has 63 heavy (non-hydrogen) atoms. The Balaban J connectivity index is 0.00000341. The fourth-order valence-corrected chi connectivity index (χ4v) is 7.80. The van der Waals surface area contributed by atoms with Gasteiger partial charge in [-0.25, -0.2) is 16.8 Å². The van der Waals surface area contributed by atoms with Gasteiger partial charge in [-0.1, -0.05) is 6.07 Å². The number of ether oxygens (including phenoxy) is 1. The van der Waals surface area contributed by atoms with E-state index in [4.69, 9.17) is 10.5 Å². The molecule has 0 aromatic heterocycles. The van der Waals surface area contributed by atoms with Crippen LogP contribution in [0.1, 0.15) is 5.56 Å². The standard InChI is InChI=1S/C34H27N7O14S4.4Na/c1-17-9-20(38-41-33-30(57-55-53-44)12-19-13-32(59(48,49)50)26(35)16-25(19)34(33)42)4-7-27(17)39-40-28-8-5-22(14-29(28)51-2)37-36-21-3-6-24-18(10-21)11-23(56-54-52-43)15-31(24)58(45,46)47;;;;/h3-16,42-44H,35H2,1-2H3,(H,45,46,47)(H,48,49,50);;;;/q;4*+1/p-4. The van der Waals surface area contributed by atoms with Gasteiger partial charge in [0.05, 0.1) is 68.6 Å². The quantitative estimate of drug-likeness (QED) is 0.0185. The first-order valence-electron chi connectivity index (χ1n) is 16.0. The van der Waals surface area contributed by atoms with Crippen LogP contribution >= 0.6 is 24.1 Å². The van der Waals surface area contributed by atoms with Crippen LogP contribution in [0.2, 0.25) is 0 Å². The first-order valence-corrected chi connectivity index (χ1v) is 20.3. The van der Waals surface area contributed by atoms with Gasteiger partial charge in [-0.2, -0.15) is 29.1 Å². The Morgan fingerprint density at radius 3 is 1.79 bits per heavy atom. The Morgan fingerprint density at radius 2 is 1.17 bits per heavy atom. The molecule has 0 unspecified atom stereocenters. The molecule has 0 bridgehead atoms. The third-order valence-electron chi connectivity index (χ3n) is 8.06. The number of benzene rings is 6. The number of aromatic hydroxyl groups is 1. The molecule has 0 aliphatic carbocycles. The van der Waals surface area contributed by atoms with E-state index in [1.807, 2.05) is 0 Å². The predicted molar refractivity (Wildman–Crippen MR) is 203 cm³/mol. The summed E-state index contributed by atoms with van der Waals surface area (Å²) in [6.45, 7) is 1.73. The minimum Gasteiger partial charge on any atom is -0.744 e. The normalized spacial score (nSPS) is 11.7. The molecule has 0 saturated heterocycles. The third kappa shape index (κ3) is 14.7. The van der Waals surface area contributed by atoms with E-state index in [0.717, 1.165) is 18.2 Å². The average Bonchev–Trinajstić information content (AvgIpc) is 3.19. The third-order valence-corrected chi connectivity index (χ3v) is 11.0. The minimum atomic E-state index is -4.95. The molecule has 0 aliphatic heterocycles. The smallest absolute Gasteiger partial charge is 0.744 e. The summed E-state index contributed by atoms with van der Waals surface area (Å²) in [5.41, 5.74) is 7.52. The Kier molecular flexibility index (Phi) is 23.2. The molecule has 29 heteroatoms. The Morgan fingerprint density at radius 1 is 0.619 bits per heavy atom. The molecule has 6 aromatic rings. The largest absolute Gasteiger partial charge is 1.00 e. The van der Waals surface area contributed by atoms with Crippen molar-refractivity contribution in [1.29, 1.82) is 0 Å². The van der Waals surface area contributed by atoms with E-state index >= 15 is 0 Å². The van der Waals surface area contributed by atoms with E-state index < -0.39 is 41.5 Å². The fourth-order valence-electron chi connectivity index (χ4n) is 5.44. The second-order valence-electron chi connectivity index (χ2n) is 11.8. The fraction of sp³-hybridized carbons (Fsp3) is 0.0588. The molecule has 0 heterocycles. The molecular weight excluding hydrogens is 951 g/mol. The number of fused-ring (bicyclic) bond motifs is 2. The van der Waals surface area contributed by atoms with Crippen LogP contribution in [0.4, 0.5) is 39.8 Å². The van der Waals surface area contributed by atoms with Crippen LogP contribution in [0.5, 0.6) is 11.5 Å². The number of nitrogens with zero attached hydrogens (tertiary/aromatic N) is 6. The van der Waals surface area contributed by atoms with Gasteiger partial charge in [-0.15, -0.1) is 10.2 Å². The first kappa shape index (κ1) is 57.4. The summed E-state index contributed by atoms with van der Waals surface area (Å²) in [6.07, 6.45) is 0. The van der Waals surface area contributed by atoms with E-state index in [9.17, 15) is 41.6 Å². The Hall–Kier alpha value is -1.68. The van der Waals surface area contributed by atoms with E-state index in [0.29, 0.717) is 69.2 Å². The van der Waals surface area contributed by atoms with Crippen LogP contribution in [-0.2, 0) is 39.0 Å². The van der Waals surface area contributed by atoms with Crippen molar-refractivity contribution in [2.75, 3.05) is 12.8 Å². The van der Waals surface area contributed by atoms with Crippen molar-refractivity contribution in [3.63, 3.8) is 0 Å². The van der Waals surface area contributed by atoms with Crippen LogP contribution in [-0.4, -0.2) is 38.2 Å². The molecule has 0 spiro atoms. The van der Waals surface area contributed by atoms with Gasteiger partial charge in [0.2, 0.25) is 0 Å². The molecule has 3 N–H and O–H groups in total. The number of aryl methyl sites for hydroxylation is 1. The maximum Gasteiger partial charge on any atom is 1.00 e. The molecule has 0 aliphatic rings. The van der Waals surface area contributed by atoms with E-state index in [1.54, 1.807) is 43.3 Å². The van der Waals surface area contributed by atoms with Crippen molar-refractivity contribution >= 4 is 106 Å². The van der Waals surface area contributed by atoms with Crippen LogP contribution < -0.4 is 139 Å². The summed E-state index contributed by atoms with van der Waals surface area (Å²) in [7, 11) is -8.42. The van der Waals surface area contributed by atoms with E-state index in [1.165, 1.54) is 37.4 Å². The number of azo groups is 3. The molecular formula is C34H23N7Na4O14S4. The maximum absolute atomic E-state index is 11.9. The molecule has 0 amide bonds. The summed E-state index contributed by atoms with van der Waals surface area (Å²) in [4.78, 5) is -1.14. The molecule has 0 fully saturated rings. The molecule has 306 valence electrons. The topological polar surface area (TPSA) is 327 Å². The number of rotatable bonds is 15. The van der Waals surface area contributed by atoms with E-state index in [2.05, 4.69) is 49.4 Å². The predicted octanol–water partition coefficient (Wildman–Crippen LogP) is -4.87. The van der Waals surface area contributed by atoms with Crippen molar-refractivity contribution in [1.82, 2.24) is 0 Å². The number of methoxy groups -OCH3 is 1. The molecule has 0 radical (unpaired) electrons. The molecule has 0 atom stereocenters. The maximum atomic E-state index is 11.9. The average molecular weight is 974 g/mol. The van der Waals surface area contributed by atoms with Crippen LogP contribution in [0.25, 0.3) is 21.5 Å². The van der Waals surface area contributed by atoms with Gasteiger partial charge in [0.1, 0.15) is 37.4 Å². The van der Waals surface area contributed by atoms with Gasteiger partial charge in [0.15, 0.2) is 5.75 Å². The van der Waals surface area contributed by atoms with E-state index in [-0.39, 0.29) is 150 Å². The Bertz CT molecular complexity index is 2940. The van der Waals surface area contributed by atoms with Crippen molar-refractivity contribution < 1.29 is 183 Å². The van der Waals surface area contributed by atoms with Crippen LogP contribution in [0, 0.1) is 6.92 Å². The second-order valence-corrected chi connectivity index (χ2v) is 16.0. The summed E-state index contributed by atoms with van der Waals surface area (Å²) in [6, 6.07) is 19.7. The van der Waals surface area contributed by atoms with Gasteiger partial charge < -0.3 is 35.2 Å². The minimum absolute atomic E-state index is 0. The summed E-state index contributed by atoms with van der Waals surface area (Å²) < 4.78 is 84.7. The molecule has 6 rings (SSSR count). The van der Waals surface area contributed by atoms with Gasteiger partial charge in [0.25, 0.3) is 0 Å². The van der Waals surface area contributed by atoms with Crippen molar-refractivity contribution in [3.8, 4) is 11.5 Å². The van der Waals surface area contributed by atoms with Crippen molar-refractivity contribution in [2.24, 2.45) is 30.7 Å². The molecule has 6 aromatic carbocycles. The molecule has 0 saturated carbocycles. The first-order chi connectivity index (χ1) is 28.1. The summed E-state index contributed by atoms with van der Waals surface area (Å²) in [5.74, 6) is -0.215. The zero-order chi connectivity index (χ0) is 42.5. The number of hydrogen-bond donors (Lipinski definition) is 2. The van der Waals surface area contributed by atoms with Gasteiger partial charge in [-0.3, -0.25) is 10.1 Å². The van der Waals surface area contributed by atoms with Crippen molar-refractivity contribution in [3.05, 3.63) is 90.5 Å². The monoisotopic (exact) mass is 973 g/mol. The summed E-state index contributed by atoms with van der Waals surface area (Å²) in [5, 5.41) is 64.4. The SMILES string of the molecule is COc1cc(N=Nc2ccc3c(S(=O)(=O)[O-])cc(SOO[O-])cc3c2)ccc1N=Nc1ccc(N=Nc2c(SOO[O-])cc3cc(S(=O)(=O)[O-])c(N)cc3c2O)cc1C.[Na+].[Na+].[Na+].[Na+].